The Morgan fingerprint density at radius 2 is 1.75 bits per heavy atom. The number of hydrogen-bond acceptors (Lipinski definition) is 10. The second kappa shape index (κ2) is 7.50. The number of rotatable bonds is 6. The Hall–Kier alpha value is -0.980. The lowest BCUT2D eigenvalue weighted by molar-refractivity contribution is -0.303. The van der Waals surface area contributed by atoms with E-state index in [1.54, 1.807) is 0 Å². The van der Waals surface area contributed by atoms with Crippen LogP contribution in [0.25, 0.3) is 0 Å². The van der Waals surface area contributed by atoms with Gasteiger partial charge in [-0.05, 0) is 6.92 Å². The van der Waals surface area contributed by atoms with Gasteiger partial charge in [0.1, 0.15) is 30.2 Å². The van der Waals surface area contributed by atoms with Gasteiger partial charge in [0.25, 0.3) is 0 Å². The maximum atomic E-state index is 9.99. The van der Waals surface area contributed by atoms with Crippen LogP contribution < -0.4 is 0 Å². The fraction of sp³-hybridized carbons (Fsp3) is 0.857. The summed E-state index contributed by atoms with van der Waals surface area (Å²) >= 11 is 0. The molecule has 0 aromatic carbocycles. The molecule has 2 heterocycles. The first-order chi connectivity index (χ1) is 11.3. The molecule has 2 aliphatic heterocycles. The zero-order valence-corrected chi connectivity index (χ0v) is 13.1. The van der Waals surface area contributed by atoms with E-state index in [0.717, 1.165) is 0 Å². The molecule has 0 saturated carbocycles. The summed E-state index contributed by atoms with van der Waals surface area (Å²) in [4.78, 5) is 0. The van der Waals surface area contributed by atoms with Crippen LogP contribution in [0.4, 0.5) is 0 Å². The van der Waals surface area contributed by atoms with E-state index in [0.29, 0.717) is 0 Å². The van der Waals surface area contributed by atoms with E-state index in [2.05, 4.69) is 0 Å². The highest BCUT2D eigenvalue weighted by molar-refractivity contribution is 5.18. The summed E-state index contributed by atoms with van der Waals surface area (Å²) in [6.45, 7) is 0.104. The molecule has 10 heteroatoms. The highest BCUT2D eigenvalue weighted by Gasteiger charge is 2.49. The molecule has 0 amide bonds. The Morgan fingerprint density at radius 3 is 2.25 bits per heavy atom. The van der Waals surface area contributed by atoms with E-state index >= 15 is 0 Å². The number of ether oxygens (including phenoxy) is 3. The van der Waals surface area contributed by atoms with E-state index in [-0.39, 0.29) is 24.5 Å². The monoisotopic (exact) mass is 352 g/mol. The van der Waals surface area contributed by atoms with Crippen LogP contribution in [0, 0.1) is 0 Å². The predicted octanol–water partition coefficient (Wildman–Crippen LogP) is -2.90. The zero-order chi connectivity index (χ0) is 18.1. The van der Waals surface area contributed by atoms with Gasteiger partial charge >= 0.3 is 0 Å². The summed E-state index contributed by atoms with van der Waals surface area (Å²) in [6.07, 6.45) is -8.50. The fourth-order valence-corrected chi connectivity index (χ4v) is 2.79. The van der Waals surface area contributed by atoms with Crippen molar-refractivity contribution in [2.45, 2.75) is 55.8 Å². The Labute approximate surface area is 138 Å². The Bertz CT molecular complexity index is 466. The molecule has 0 spiro atoms. The van der Waals surface area contributed by atoms with Crippen LogP contribution in [0.2, 0.25) is 0 Å². The van der Waals surface area contributed by atoms with Gasteiger partial charge in [0, 0.05) is 6.42 Å². The normalized spacial score (nSPS) is 43.1. The van der Waals surface area contributed by atoms with Crippen molar-refractivity contribution in [2.75, 3.05) is 19.8 Å². The van der Waals surface area contributed by atoms with E-state index in [9.17, 15) is 30.6 Å². The van der Waals surface area contributed by atoms with Crippen LogP contribution in [0.1, 0.15) is 13.3 Å². The quantitative estimate of drug-likeness (QED) is 0.263. The smallest absolute Gasteiger partial charge is 0.186 e. The van der Waals surface area contributed by atoms with E-state index < -0.39 is 55.6 Å². The first-order valence-electron chi connectivity index (χ1n) is 7.57. The summed E-state index contributed by atoms with van der Waals surface area (Å²) in [5.41, 5.74) is -1.48. The third-order valence-electron chi connectivity index (χ3n) is 4.40. The SMILES string of the molecule is CC1=C(O)[C@@H](O)[C@](CO)(CCO[C@@H]2OC(CO)[C@@H](O)C(O)C2O)O1. The van der Waals surface area contributed by atoms with Crippen molar-refractivity contribution >= 4 is 0 Å². The number of aliphatic hydroxyl groups excluding tert-OH is 7. The molecule has 7 N–H and O–H groups in total. The summed E-state index contributed by atoms with van der Waals surface area (Å²) in [5.74, 6) is -0.290. The summed E-state index contributed by atoms with van der Waals surface area (Å²) < 4.78 is 15.8. The maximum Gasteiger partial charge on any atom is 0.186 e. The van der Waals surface area contributed by atoms with Crippen LogP contribution >= 0.6 is 0 Å². The second-order valence-electron chi connectivity index (χ2n) is 5.99. The fourth-order valence-electron chi connectivity index (χ4n) is 2.79. The van der Waals surface area contributed by atoms with Gasteiger partial charge in [-0.2, -0.15) is 0 Å². The molecule has 140 valence electrons. The summed E-state index contributed by atoms with van der Waals surface area (Å²) in [6, 6.07) is 0. The molecule has 7 atom stereocenters. The molecule has 10 nitrogen and oxygen atoms in total. The first kappa shape index (κ1) is 19.3. The van der Waals surface area contributed by atoms with Crippen molar-refractivity contribution in [1.82, 2.24) is 0 Å². The van der Waals surface area contributed by atoms with Crippen LogP contribution in [-0.4, -0.2) is 98.0 Å². The Morgan fingerprint density at radius 1 is 1.08 bits per heavy atom. The third kappa shape index (κ3) is 3.37. The van der Waals surface area contributed by atoms with Crippen molar-refractivity contribution in [1.29, 1.82) is 0 Å². The van der Waals surface area contributed by atoms with E-state index in [1.165, 1.54) is 6.92 Å². The van der Waals surface area contributed by atoms with Crippen molar-refractivity contribution in [2.24, 2.45) is 0 Å². The van der Waals surface area contributed by atoms with Gasteiger partial charge in [-0.15, -0.1) is 0 Å². The van der Waals surface area contributed by atoms with Crippen molar-refractivity contribution in [3.63, 3.8) is 0 Å². The van der Waals surface area contributed by atoms with Crippen molar-refractivity contribution in [3.05, 3.63) is 11.5 Å². The summed E-state index contributed by atoms with van der Waals surface area (Å²) in [5, 5.41) is 67.4. The molecule has 24 heavy (non-hydrogen) atoms. The van der Waals surface area contributed by atoms with Gasteiger partial charge in [-0.1, -0.05) is 0 Å². The van der Waals surface area contributed by atoms with Crippen LogP contribution in [0.5, 0.6) is 0 Å². The zero-order valence-electron chi connectivity index (χ0n) is 13.1. The Kier molecular flexibility index (Phi) is 6.04. The molecule has 0 aromatic heterocycles. The topological polar surface area (TPSA) is 169 Å². The molecule has 0 bridgehead atoms. The number of allylic oxidation sites excluding steroid dienone is 1. The highest BCUT2D eigenvalue weighted by atomic mass is 16.7. The van der Waals surface area contributed by atoms with Gasteiger partial charge in [0.2, 0.25) is 0 Å². The second-order valence-corrected chi connectivity index (χ2v) is 5.99. The molecule has 0 aromatic rings. The maximum absolute atomic E-state index is 9.99. The average molecular weight is 352 g/mol. The minimum Gasteiger partial charge on any atom is -0.506 e. The molecular formula is C14H24O10. The number of aliphatic hydroxyl groups is 7. The molecule has 1 saturated heterocycles. The summed E-state index contributed by atoms with van der Waals surface area (Å²) in [7, 11) is 0. The standard InChI is InChI=1S/C14H24O10/c1-6-8(17)12(21)14(5-16,24-6)2-3-22-13-11(20)10(19)9(18)7(4-15)23-13/h7,9-13,15-21H,2-5H2,1H3/t7?,9-,10?,11?,12-,13-,14-/m1/s1. The van der Waals surface area contributed by atoms with E-state index in [4.69, 9.17) is 19.3 Å². The molecule has 0 aliphatic carbocycles. The lowest BCUT2D eigenvalue weighted by atomic mass is 9.94. The van der Waals surface area contributed by atoms with Gasteiger partial charge in [-0.25, -0.2) is 0 Å². The van der Waals surface area contributed by atoms with Crippen molar-refractivity contribution in [3.8, 4) is 0 Å². The van der Waals surface area contributed by atoms with Gasteiger partial charge in [0.15, 0.2) is 23.8 Å². The van der Waals surface area contributed by atoms with Gasteiger partial charge < -0.3 is 50.0 Å². The largest absolute Gasteiger partial charge is 0.506 e. The molecule has 3 unspecified atom stereocenters. The Balaban J connectivity index is 1.93. The van der Waals surface area contributed by atoms with Crippen molar-refractivity contribution < 1.29 is 50.0 Å². The van der Waals surface area contributed by atoms with Crippen LogP contribution in [-0.2, 0) is 14.2 Å². The molecule has 1 fully saturated rings. The third-order valence-corrected chi connectivity index (χ3v) is 4.40. The lowest BCUT2D eigenvalue weighted by Gasteiger charge is -2.40. The number of hydrogen-bond donors (Lipinski definition) is 7. The average Bonchev–Trinajstić information content (AvgIpc) is 2.79. The minimum atomic E-state index is -1.56. The van der Waals surface area contributed by atoms with Crippen LogP contribution in [0.15, 0.2) is 11.5 Å². The lowest BCUT2D eigenvalue weighted by Crippen LogP contribution is -2.59. The van der Waals surface area contributed by atoms with E-state index in [1.807, 2.05) is 0 Å². The van der Waals surface area contributed by atoms with Gasteiger partial charge in [0.05, 0.1) is 19.8 Å². The van der Waals surface area contributed by atoms with Crippen LogP contribution in [0.3, 0.4) is 0 Å². The predicted molar refractivity (Wildman–Crippen MR) is 76.6 cm³/mol. The first-order valence-corrected chi connectivity index (χ1v) is 7.57. The molecule has 0 radical (unpaired) electrons. The van der Waals surface area contributed by atoms with Gasteiger partial charge in [-0.3, -0.25) is 0 Å². The molecule has 2 rings (SSSR count). The highest BCUT2D eigenvalue weighted by Crippen LogP contribution is 2.35. The molecular weight excluding hydrogens is 328 g/mol. The molecule has 2 aliphatic rings. The minimum absolute atomic E-state index is 0.0545.